The van der Waals surface area contributed by atoms with Crippen LogP contribution in [0.25, 0.3) is 11.0 Å². The van der Waals surface area contributed by atoms with E-state index in [2.05, 4.69) is 20.0 Å². The van der Waals surface area contributed by atoms with Crippen LogP contribution < -0.4 is 14.8 Å². The first-order valence-corrected chi connectivity index (χ1v) is 11.6. The van der Waals surface area contributed by atoms with E-state index in [0.717, 1.165) is 12.1 Å². The Balaban J connectivity index is 1.99. The van der Waals surface area contributed by atoms with E-state index < -0.39 is 39.3 Å². The largest absolute Gasteiger partial charge is 0.593 e. The molecule has 10 nitrogen and oxygen atoms in total. The Morgan fingerprint density at radius 1 is 1.21 bits per heavy atom. The molecule has 0 aliphatic carbocycles. The van der Waals surface area contributed by atoms with Crippen LogP contribution >= 0.6 is 0 Å². The lowest BCUT2D eigenvalue weighted by Gasteiger charge is -2.15. The smallest absolute Gasteiger partial charge is 0.320 e. The van der Waals surface area contributed by atoms with Crippen molar-refractivity contribution < 1.29 is 23.0 Å². The van der Waals surface area contributed by atoms with Gasteiger partial charge in [-0.15, -0.1) is 0 Å². The number of nitrogens with one attached hydrogen (secondary N) is 2. The zero-order chi connectivity index (χ0) is 24.8. The van der Waals surface area contributed by atoms with Gasteiger partial charge in [0.1, 0.15) is 35.2 Å². The van der Waals surface area contributed by atoms with Crippen LogP contribution in [-0.2, 0) is 11.4 Å². The second-order valence-corrected chi connectivity index (χ2v) is 8.81. The second-order valence-electron chi connectivity index (χ2n) is 7.51. The maximum Gasteiger partial charge on any atom is 0.320 e. The van der Waals surface area contributed by atoms with Gasteiger partial charge in [-0.1, -0.05) is 6.92 Å². The first kappa shape index (κ1) is 25.3. The molecule has 0 spiro atoms. The van der Waals surface area contributed by atoms with Crippen LogP contribution in [0.15, 0.2) is 30.5 Å². The molecule has 13 heteroatoms. The SMILES string of the molecule is CCC[S+]([O-])Nc1ccc(F)c(Nc2ccc3ncc(OCCN(C)C)nc3c2[N+](=O)[O-])c1F. The van der Waals surface area contributed by atoms with Crippen molar-refractivity contribution in [1.29, 1.82) is 0 Å². The molecule has 0 aliphatic heterocycles. The number of fused-ring (bicyclic) bond motifs is 1. The lowest BCUT2D eigenvalue weighted by Crippen LogP contribution is -2.19. The Labute approximate surface area is 197 Å². The molecule has 0 saturated heterocycles. The van der Waals surface area contributed by atoms with Crippen molar-refractivity contribution in [2.24, 2.45) is 0 Å². The van der Waals surface area contributed by atoms with Gasteiger partial charge in [-0.2, -0.15) is 0 Å². The summed E-state index contributed by atoms with van der Waals surface area (Å²) < 4.78 is 49.5. The minimum atomic E-state index is -1.57. The highest BCUT2D eigenvalue weighted by Crippen LogP contribution is 2.37. The lowest BCUT2D eigenvalue weighted by molar-refractivity contribution is -0.382. The molecule has 3 aromatic rings. The average molecular weight is 495 g/mol. The highest BCUT2D eigenvalue weighted by Gasteiger charge is 2.25. The number of nitro benzene ring substituents is 1. The summed E-state index contributed by atoms with van der Waals surface area (Å²) in [6.07, 6.45) is 1.94. The van der Waals surface area contributed by atoms with E-state index in [0.29, 0.717) is 13.0 Å². The quantitative estimate of drug-likeness (QED) is 0.231. The Morgan fingerprint density at radius 2 is 1.94 bits per heavy atom. The van der Waals surface area contributed by atoms with Gasteiger partial charge in [0.25, 0.3) is 0 Å². The molecule has 34 heavy (non-hydrogen) atoms. The first-order valence-electron chi connectivity index (χ1n) is 10.3. The number of nitrogens with zero attached hydrogens (tertiary/aromatic N) is 4. The van der Waals surface area contributed by atoms with Crippen LogP contribution in [0.3, 0.4) is 0 Å². The number of likely N-dealkylation sites (N-methyl/N-ethyl adjacent to an activating group) is 1. The van der Waals surface area contributed by atoms with Crippen molar-refractivity contribution in [1.82, 2.24) is 14.9 Å². The van der Waals surface area contributed by atoms with Gasteiger partial charge in [0, 0.05) is 6.54 Å². The second kappa shape index (κ2) is 11.2. The summed E-state index contributed by atoms with van der Waals surface area (Å²) in [6, 6.07) is 4.81. The third-order valence-corrected chi connectivity index (χ3v) is 5.83. The Kier molecular flexibility index (Phi) is 8.36. The third-order valence-electron chi connectivity index (χ3n) is 4.60. The minimum absolute atomic E-state index is 0.0801. The summed E-state index contributed by atoms with van der Waals surface area (Å²) in [5, 5.41) is 14.4. The van der Waals surface area contributed by atoms with Crippen molar-refractivity contribution in [3.05, 3.63) is 52.2 Å². The molecule has 3 rings (SSSR count). The summed E-state index contributed by atoms with van der Waals surface area (Å²) in [5.74, 6) is -1.69. The molecule has 1 unspecified atom stereocenters. The fraction of sp³-hybridized carbons (Fsp3) is 0.333. The number of rotatable bonds is 11. The van der Waals surface area contributed by atoms with Crippen molar-refractivity contribution in [2.45, 2.75) is 13.3 Å². The van der Waals surface area contributed by atoms with Crippen LogP contribution in [0.1, 0.15) is 13.3 Å². The van der Waals surface area contributed by atoms with Gasteiger partial charge < -0.3 is 19.5 Å². The van der Waals surface area contributed by atoms with Crippen LogP contribution in [0.4, 0.5) is 31.5 Å². The normalized spacial score (nSPS) is 12.1. The van der Waals surface area contributed by atoms with E-state index in [1.807, 2.05) is 25.9 Å². The van der Waals surface area contributed by atoms with Gasteiger partial charge in [0.15, 0.2) is 11.3 Å². The maximum atomic E-state index is 15.0. The summed E-state index contributed by atoms with van der Waals surface area (Å²) >= 11 is -1.57. The molecule has 0 bridgehead atoms. The molecule has 182 valence electrons. The molecule has 1 aromatic heterocycles. The standard InChI is InChI=1S/C21H24F2N6O4S/c1-4-11-34(32)27-14-6-5-13(22)19(18(14)23)25-16-8-7-15-20(21(16)29(30)31)26-17(12-24-15)33-10-9-28(2)3/h5-8,12,25,27H,4,9-11H2,1-3H3. The Morgan fingerprint density at radius 3 is 2.62 bits per heavy atom. The highest BCUT2D eigenvalue weighted by molar-refractivity contribution is 7.92. The number of hydrogen-bond acceptors (Lipinski definition) is 9. The third kappa shape index (κ3) is 5.98. The molecule has 1 heterocycles. The van der Waals surface area contributed by atoms with Gasteiger partial charge >= 0.3 is 5.69 Å². The van der Waals surface area contributed by atoms with Gasteiger partial charge in [-0.05, 0) is 44.8 Å². The molecule has 0 saturated carbocycles. The summed E-state index contributed by atoms with van der Waals surface area (Å²) in [4.78, 5) is 21.4. The highest BCUT2D eigenvalue weighted by atomic mass is 32.2. The predicted molar refractivity (Wildman–Crippen MR) is 127 cm³/mol. The molecule has 2 aromatic carbocycles. The number of aromatic nitrogens is 2. The maximum absolute atomic E-state index is 15.0. The fourth-order valence-corrected chi connectivity index (χ4v) is 3.85. The van der Waals surface area contributed by atoms with Gasteiger partial charge in [0.2, 0.25) is 5.88 Å². The Bertz CT molecular complexity index is 1180. The van der Waals surface area contributed by atoms with E-state index in [9.17, 15) is 19.1 Å². The number of anilines is 3. The summed E-state index contributed by atoms with van der Waals surface area (Å²) in [7, 11) is 3.73. The number of ether oxygens (including phenoxy) is 1. The van der Waals surface area contributed by atoms with E-state index in [1.54, 1.807) is 0 Å². The van der Waals surface area contributed by atoms with Crippen LogP contribution in [0, 0.1) is 21.7 Å². The fourth-order valence-electron chi connectivity index (χ4n) is 2.97. The van der Waals surface area contributed by atoms with E-state index in [1.165, 1.54) is 18.3 Å². The van der Waals surface area contributed by atoms with Gasteiger partial charge in [0.05, 0.1) is 28.0 Å². The molecule has 0 fully saturated rings. The van der Waals surface area contributed by atoms with Crippen molar-refractivity contribution in [3.8, 4) is 5.88 Å². The lowest BCUT2D eigenvalue weighted by atomic mass is 10.2. The van der Waals surface area contributed by atoms with Crippen molar-refractivity contribution >= 4 is 45.1 Å². The zero-order valence-corrected chi connectivity index (χ0v) is 19.6. The average Bonchev–Trinajstić information content (AvgIpc) is 2.78. The van der Waals surface area contributed by atoms with Crippen LogP contribution in [-0.4, -0.2) is 57.3 Å². The van der Waals surface area contributed by atoms with Crippen molar-refractivity contribution in [2.75, 3.05) is 43.0 Å². The van der Waals surface area contributed by atoms with Gasteiger partial charge in [-0.3, -0.25) is 10.1 Å². The minimum Gasteiger partial charge on any atom is -0.593 e. The van der Waals surface area contributed by atoms with E-state index in [4.69, 9.17) is 4.74 Å². The van der Waals surface area contributed by atoms with E-state index >= 15 is 4.39 Å². The van der Waals surface area contributed by atoms with Crippen LogP contribution in [0.5, 0.6) is 5.88 Å². The summed E-state index contributed by atoms with van der Waals surface area (Å²) in [5.41, 5.74) is -1.43. The molecule has 0 amide bonds. The topological polar surface area (TPSA) is 129 Å². The Hall–Kier alpha value is -3.29. The molecular weight excluding hydrogens is 470 g/mol. The number of halogens is 2. The molecule has 1 atom stereocenters. The number of nitro groups is 1. The molecular formula is C21H24F2N6O4S. The number of hydrogen-bond donors (Lipinski definition) is 2. The molecule has 0 aliphatic rings. The monoisotopic (exact) mass is 494 g/mol. The predicted octanol–water partition coefficient (Wildman–Crippen LogP) is 3.99. The van der Waals surface area contributed by atoms with Crippen LogP contribution in [0.2, 0.25) is 0 Å². The molecule has 2 N–H and O–H groups in total. The van der Waals surface area contributed by atoms with Crippen molar-refractivity contribution in [3.63, 3.8) is 0 Å². The number of benzene rings is 2. The summed E-state index contributed by atoms with van der Waals surface area (Å²) in [6.45, 7) is 2.69. The van der Waals surface area contributed by atoms with E-state index in [-0.39, 0.29) is 40.6 Å². The first-order chi connectivity index (χ1) is 16.2. The zero-order valence-electron chi connectivity index (χ0n) is 18.8. The van der Waals surface area contributed by atoms with Gasteiger partial charge in [-0.25, -0.2) is 23.5 Å². The molecule has 0 radical (unpaired) electrons.